The van der Waals surface area contributed by atoms with Gasteiger partial charge in [-0.15, -0.1) is 0 Å². The smallest absolute Gasteiger partial charge is 0.341 e. The number of fused-ring (bicyclic) bond motifs is 1. The molecule has 1 N–H and O–H groups in total. The number of hydrogen-bond acceptors (Lipinski definition) is 9. The van der Waals surface area contributed by atoms with Crippen molar-refractivity contribution in [3.05, 3.63) is 75.8 Å². The zero-order chi connectivity index (χ0) is 30.2. The number of aromatic carboxylic acids is 1. The molecule has 12 heteroatoms. The van der Waals surface area contributed by atoms with Crippen molar-refractivity contribution in [1.82, 2.24) is 19.4 Å². The Morgan fingerprint density at radius 1 is 1.19 bits per heavy atom. The molecule has 224 valence electrons. The molecule has 0 amide bonds. The molecule has 1 atom stereocenters. The Kier molecular flexibility index (Phi) is 7.85. The van der Waals surface area contributed by atoms with Crippen molar-refractivity contribution < 1.29 is 19.4 Å². The lowest BCUT2D eigenvalue weighted by Crippen LogP contribution is -2.57. The first kappa shape index (κ1) is 28.8. The minimum Gasteiger partial charge on any atom is -0.495 e. The zero-order valence-electron chi connectivity index (χ0n) is 24.2. The molecular weight excluding hydrogens is 572 g/mol. The summed E-state index contributed by atoms with van der Waals surface area (Å²) >= 11 is 6.25. The van der Waals surface area contributed by atoms with Crippen molar-refractivity contribution in [2.75, 3.05) is 57.2 Å². The molecule has 2 saturated heterocycles. The molecule has 1 aromatic carbocycles. The average molecular weight is 605 g/mol. The van der Waals surface area contributed by atoms with Gasteiger partial charge in [0, 0.05) is 38.1 Å². The molecular formula is C31H33ClN6O5. The van der Waals surface area contributed by atoms with Gasteiger partial charge in [0.2, 0.25) is 11.3 Å². The van der Waals surface area contributed by atoms with Gasteiger partial charge in [0.1, 0.15) is 28.8 Å². The van der Waals surface area contributed by atoms with Crippen molar-refractivity contribution >= 4 is 40.0 Å². The molecule has 2 fully saturated rings. The van der Waals surface area contributed by atoms with Gasteiger partial charge < -0.3 is 33.8 Å². The van der Waals surface area contributed by atoms with Crippen LogP contribution in [0.5, 0.6) is 11.6 Å². The largest absolute Gasteiger partial charge is 0.495 e. The molecule has 11 nitrogen and oxygen atoms in total. The number of methoxy groups -OCH3 is 1. The maximum atomic E-state index is 13.4. The molecule has 4 aromatic rings. The summed E-state index contributed by atoms with van der Waals surface area (Å²) in [6.45, 7) is 2.89. The lowest BCUT2D eigenvalue weighted by molar-refractivity contribution is 0.0695. The summed E-state index contributed by atoms with van der Waals surface area (Å²) in [5, 5.41) is 10.6. The van der Waals surface area contributed by atoms with E-state index in [9.17, 15) is 14.7 Å². The highest BCUT2D eigenvalue weighted by Gasteiger charge is 2.31. The Hall–Kier alpha value is -4.35. The first-order chi connectivity index (χ1) is 20.7. The molecule has 5 heterocycles. The lowest BCUT2D eigenvalue weighted by atomic mass is 10.1. The van der Waals surface area contributed by atoms with Crippen molar-refractivity contribution in [2.24, 2.45) is 0 Å². The third-order valence-corrected chi connectivity index (χ3v) is 8.57. The molecule has 0 radical (unpaired) electrons. The van der Waals surface area contributed by atoms with E-state index >= 15 is 0 Å². The van der Waals surface area contributed by atoms with Crippen molar-refractivity contribution in [3.63, 3.8) is 0 Å². The van der Waals surface area contributed by atoms with Crippen LogP contribution in [0.15, 0.2) is 59.8 Å². The van der Waals surface area contributed by atoms with Crippen LogP contribution in [0.25, 0.3) is 16.6 Å². The summed E-state index contributed by atoms with van der Waals surface area (Å²) in [5.74, 6) is 0.403. The van der Waals surface area contributed by atoms with E-state index in [1.165, 1.54) is 6.20 Å². The first-order valence-electron chi connectivity index (χ1n) is 14.1. The van der Waals surface area contributed by atoms with Crippen LogP contribution < -0.4 is 24.7 Å². The fourth-order valence-electron chi connectivity index (χ4n) is 5.75. The van der Waals surface area contributed by atoms with Crippen LogP contribution in [0.1, 0.15) is 23.2 Å². The van der Waals surface area contributed by atoms with Crippen LogP contribution in [0.4, 0.5) is 11.5 Å². The van der Waals surface area contributed by atoms with E-state index in [0.717, 1.165) is 44.0 Å². The third-order valence-electron chi connectivity index (χ3n) is 8.29. The zero-order valence-corrected chi connectivity index (χ0v) is 25.0. The van der Waals surface area contributed by atoms with E-state index in [-0.39, 0.29) is 17.0 Å². The Labute approximate surface area is 253 Å². The highest BCUT2D eigenvalue weighted by molar-refractivity contribution is 6.31. The summed E-state index contributed by atoms with van der Waals surface area (Å²) in [6, 6.07) is 11.3. The number of benzene rings is 1. The van der Waals surface area contributed by atoms with Gasteiger partial charge in [-0.05, 0) is 63.3 Å². The first-order valence-corrected chi connectivity index (χ1v) is 14.5. The molecule has 0 unspecified atom stereocenters. The number of ether oxygens (including phenoxy) is 2. The number of carboxylic acids is 1. The molecule has 6 rings (SSSR count). The average Bonchev–Trinajstić information content (AvgIpc) is 3.44. The van der Waals surface area contributed by atoms with Gasteiger partial charge in [-0.2, -0.15) is 0 Å². The van der Waals surface area contributed by atoms with Gasteiger partial charge in [-0.25, -0.2) is 14.8 Å². The van der Waals surface area contributed by atoms with Gasteiger partial charge in [-0.3, -0.25) is 4.79 Å². The predicted molar refractivity (Wildman–Crippen MR) is 166 cm³/mol. The Morgan fingerprint density at radius 2 is 2.00 bits per heavy atom. The van der Waals surface area contributed by atoms with Crippen LogP contribution in [-0.2, 0) is 0 Å². The Morgan fingerprint density at radius 3 is 2.67 bits per heavy atom. The van der Waals surface area contributed by atoms with Gasteiger partial charge in [0.05, 0.1) is 41.6 Å². The lowest BCUT2D eigenvalue weighted by Gasteiger charge is -2.43. The standard InChI is InChI=1S/C31H33ClN6O5/c1-35(2)21-15-36(16-21)28-9-8-19(14-34-28)38-17-23(31(40)41)29(39)22-12-27(42-3)26(13-25(22)38)37-11-5-6-20(37)18-43-30-24(32)7-4-10-33-30/h4,7-10,12-14,17,20-21H,5-6,11,15-16,18H2,1-3H3,(H,40,41)/t20-/m1/s1. The molecule has 0 aliphatic carbocycles. The number of carbonyl (C=O) groups is 1. The van der Waals surface area contributed by atoms with Crippen LogP contribution in [-0.4, -0.2) is 90.0 Å². The number of halogens is 1. The summed E-state index contributed by atoms with van der Waals surface area (Å²) in [4.78, 5) is 40.9. The van der Waals surface area contributed by atoms with E-state index in [1.807, 2.05) is 18.2 Å². The molecule has 2 aliphatic heterocycles. The van der Waals surface area contributed by atoms with E-state index < -0.39 is 11.4 Å². The molecule has 0 saturated carbocycles. The van der Waals surface area contributed by atoms with Crippen LogP contribution >= 0.6 is 11.6 Å². The molecule has 2 aliphatic rings. The second-order valence-electron chi connectivity index (χ2n) is 11.1. The summed E-state index contributed by atoms with van der Waals surface area (Å²) in [7, 11) is 5.67. The number of anilines is 2. The SMILES string of the molecule is COc1cc2c(=O)c(C(=O)O)cn(-c3ccc(N4CC(N(C)C)C4)nc3)c2cc1N1CCC[C@@H]1COc1ncccc1Cl. The third kappa shape index (κ3) is 5.46. The number of likely N-dealkylation sites (N-methyl/N-ethyl adjacent to an activating group) is 1. The highest BCUT2D eigenvalue weighted by atomic mass is 35.5. The Bertz CT molecular complexity index is 1720. The monoisotopic (exact) mass is 604 g/mol. The number of hydrogen-bond donors (Lipinski definition) is 1. The molecule has 3 aromatic heterocycles. The number of nitrogens with zero attached hydrogens (tertiary/aromatic N) is 6. The van der Waals surface area contributed by atoms with E-state index in [0.29, 0.717) is 40.5 Å². The molecule has 0 bridgehead atoms. The van der Waals surface area contributed by atoms with Gasteiger partial charge in [-0.1, -0.05) is 11.6 Å². The van der Waals surface area contributed by atoms with Crippen LogP contribution in [0, 0.1) is 0 Å². The van der Waals surface area contributed by atoms with Crippen molar-refractivity contribution in [2.45, 2.75) is 24.9 Å². The van der Waals surface area contributed by atoms with Gasteiger partial charge in [0.15, 0.2) is 0 Å². The van der Waals surface area contributed by atoms with E-state index in [1.54, 1.807) is 42.3 Å². The minimum atomic E-state index is -1.30. The number of carboxylic acid groups (broad SMARTS) is 1. The molecule has 43 heavy (non-hydrogen) atoms. The maximum absolute atomic E-state index is 13.4. The van der Waals surface area contributed by atoms with Crippen molar-refractivity contribution in [3.8, 4) is 17.3 Å². The quantitative estimate of drug-likeness (QED) is 0.301. The fourth-order valence-corrected chi connectivity index (χ4v) is 5.93. The van der Waals surface area contributed by atoms with E-state index in [4.69, 9.17) is 21.1 Å². The fraction of sp³-hybridized carbons (Fsp3) is 0.355. The summed E-state index contributed by atoms with van der Waals surface area (Å²) < 4.78 is 13.5. The second kappa shape index (κ2) is 11.7. The summed E-state index contributed by atoms with van der Waals surface area (Å²) in [5.41, 5.74) is 1.07. The van der Waals surface area contributed by atoms with E-state index in [2.05, 4.69) is 38.8 Å². The van der Waals surface area contributed by atoms with Crippen molar-refractivity contribution in [1.29, 1.82) is 0 Å². The second-order valence-corrected chi connectivity index (χ2v) is 11.5. The number of pyridine rings is 3. The minimum absolute atomic E-state index is 0.00588. The summed E-state index contributed by atoms with van der Waals surface area (Å²) in [6.07, 6.45) is 6.54. The predicted octanol–water partition coefficient (Wildman–Crippen LogP) is 3.94. The van der Waals surface area contributed by atoms with Crippen LogP contribution in [0.2, 0.25) is 5.02 Å². The van der Waals surface area contributed by atoms with Gasteiger partial charge in [0.25, 0.3) is 0 Å². The highest BCUT2D eigenvalue weighted by Crippen LogP contribution is 2.38. The normalized spacial score (nSPS) is 17.0. The van der Waals surface area contributed by atoms with Crippen LogP contribution in [0.3, 0.4) is 0 Å². The maximum Gasteiger partial charge on any atom is 0.341 e. The number of aromatic nitrogens is 3. The number of rotatable bonds is 9. The Balaban J connectivity index is 1.39. The topological polar surface area (TPSA) is 113 Å². The van der Waals surface area contributed by atoms with Gasteiger partial charge >= 0.3 is 5.97 Å². The molecule has 0 spiro atoms.